The SMILES string of the molecule is [B]c1c(C(F)(F)F)ccc2cc(C(C)=O)ccc12. The Kier molecular flexibility index (Phi) is 2.93. The summed E-state index contributed by atoms with van der Waals surface area (Å²) in [6.45, 7) is 1.40. The van der Waals surface area contributed by atoms with Gasteiger partial charge in [0.25, 0.3) is 0 Å². The molecule has 0 spiro atoms. The minimum atomic E-state index is -4.47. The van der Waals surface area contributed by atoms with E-state index in [9.17, 15) is 18.0 Å². The molecule has 0 unspecified atom stereocenters. The fourth-order valence-corrected chi connectivity index (χ4v) is 1.82. The van der Waals surface area contributed by atoms with Gasteiger partial charge in [-0.1, -0.05) is 23.7 Å². The molecule has 5 heteroatoms. The van der Waals surface area contributed by atoms with Gasteiger partial charge in [-0.05, 0) is 29.8 Å². The Morgan fingerprint density at radius 3 is 2.39 bits per heavy atom. The number of hydrogen-bond donors (Lipinski definition) is 0. The highest BCUT2D eigenvalue weighted by Gasteiger charge is 2.32. The van der Waals surface area contributed by atoms with E-state index in [2.05, 4.69) is 0 Å². The van der Waals surface area contributed by atoms with E-state index in [4.69, 9.17) is 7.85 Å². The van der Waals surface area contributed by atoms with Crippen molar-refractivity contribution in [3.8, 4) is 0 Å². The van der Waals surface area contributed by atoms with Crippen LogP contribution < -0.4 is 5.46 Å². The summed E-state index contributed by atoms with van der Waals surface area (Å²) in [5.74, 6) is -0.143. The average Bonchev–Trinajstić information content (AvgIpc) is 2.27. The van der Waals surface area contributed by atoms with E-state index in [-0.39, 0.29) is 11.2 Å². The molecule has 0 aliphatic heterocycles. The zero-order chi connectivity index (χ0) is 13.5. The molecule has 0 fully saturated rings. The van der Waals surface area contributed by atoms with Crippen molar-refractivity contribution in [3.63, 3.8) is 0 Å². The first-order chi connectivity index (χ1) is 8.30. The lowest BCUT2D eigenvalue weighted by Gasteiger charge is -2.13. The first kappa shape index (κ1) is 12.7. The molecule has 0 amide bonds. The molecule has 2 radical (unpaired) electrons. The number of Topliss-reactive ketones (excluding diaryl/α,β-unsaturated/α-hetero) is 1. The molecule has 1 nitrogen and oxygen atoms in total. The molecule has 0 aliphatic carbocycles. The lowest BCUT2D eigenvalue weighted by atomic mass is 9.84. The summed E-state index contributed by atoms with van der Waals surface area (Å²) in [5.41, 5.74) is -0.720. The number of halogens is 3. The summed E-state index contributed by atoms with van der Waals surface area (Å²) >= 11 is 0. The molecule has 2 aromatic rings. The van der Waals surface area contributed by atoms with Crippen molar-refractivity contribution < 1.29 is 18.0 Å². The molecule has 0 aromatic heterocycles. The summed E-state index contributed by atoms with van der Waals surface area (Å²) in [4.78, 5) is 11.2. The van der Waals surface area contributed by atoms with Crippen molar-refractivity contribution in [1.29, 1.82) is 0 Å². The number of hydrogen-bond acceptors (Lipinski definition) is 1. The van der Waals surface area contributed by atoms with E-state index in [1.54, 1.807) is 0 Å². The molecule has 18 heavy (non-hydrogen) atoms. The summed E-state index contributed by atoms with van der Waals surface area (Å²) in [6, 6.07) is 6.70. The van der Waals surface area contributed by atoms with Gasteiger partial charge in [-0.15, -0.1) is 0 Å². The van der Waals surface area contributed by atoms with Gasteiger partial charge in [0.1, 0.15) is 7.85 Å². The van der Waals surface area contributed by atoms with Gasteiger partial charge in [-0.2, -0.15) is 13.2 Å². The van der Waals surface area contributed by atoms with Gasteiger partial charge in [0.2, 0.25) is 0 Å². The predicted octanol–water partition coefficient (Wildman–Crippen LogP) is 2.86. The van der Waals surface area contributed by atoms with Crippen LogP contribution in [0.15, 0.2) is 30.3 Å². The van der Waals surface area contributed by atoms with Crippen LogP contribution in [0.25, 0.3) is 10.8 Å². The first-order valence-corrected chi connectivity index (χ1v) is 5.21. The van der Waals surface area contributed by atoms with E-state index < -0.39 is 11.7 Å². The van der Waals surface area contributed by atoms with Crippen molar-refractivity contribution in [1.82, 2.24) is 0 Å². The second-order valence-electron chi connectivity index (χ2n) is 4.02. The highest BCUT2D eigenvalue weighted by Crippen LogP contribution is 2.29. The van der Waals surface area contributed by atoms with Crippen LogP contribution in [-0.2, 0) is 6.18 Å². The number of fused-ring (bicyclic) bond motifs is 1. The molecule has 90 valence electrons. The van der Waals surface area contributed by atoms with Crippen molar-refractivity contribution in [2.75, 3.05) is 0 Å². The minimum Gasteiger partial charge on any atom is -0.295 e. The number of benzene rings is 2. The fraction of sp³-hybridized carbons (Fsp3) is 0.154. The van der Waals surface area contributed by atoms with Crippen LogP contribution in [0.4, 0.5) is 13.2 Å². The standard InChI is InChI=1S/C13H8BF3O/c1-7(18)8-2-4-10-9(6-8)3-5-11(12(10)14)13(15,16)17/h2-6H,1H3. The number of alkyl halides is 3. The molecule has 0 bridgehead atoms. The second kappa shape index (κ2) is 4.16. The summed E-state index contributed by atoms with van der Waals surface area (Å²) in [5, 5.41) is 0.822. The van der Waals surface area contributed by atoms with Crippen LogP contribution in [0.5, 0.6) is 0 Å². The predicted molar refractivity (Wildman–Crippen MR) is 64.3 cm³/mol. The maximum absolute atomic E-state index is 12.7. The zero-order valence-corrected chi connectivity index (χ0v) is 9.51. The van der Waals surface area contributed by atoms with E-state index >= 15 is 0 Å². The molecule has 0 saturated carbocycles. The van der Waals surface area contributed by atoms with Gasteiger partial charge in [-0.3, -0.25) is 4.79 Å². The molecular weight excluding hydrogens is 240 g/mol. The summed E-state index contributed by atoms with van der Waals surface area (Å²) in [6.07, 6.45) is -4.47. The Labute approximate surface area is 103 Å². The summed E-state index contributed by atoms with van der Waals surface area (Å²) < 4.78 is 38.0. The van der Waals surface area contributed by atoms with Gasteiger partial charge in [0, 0.05) is 11.1 Å². The van der Waals surface area contributed by atoms with Crippen molar-refractivity contribution in [3.05, 3.63) is 41.5 Å². The fourth-order valence-electron chi connectivity index (χ4n) is 1.82. The monoisotopic (exact) mass is 248 g/mol. The van der Waals surface area contributed by atoms with E-state index in [1.165, 1.54) is 31.2 Å². The van der Waals surface area contributed by atoms with Gasteiger partial charge >= 0.3 is 6.18 Å². The Morgan fingerprint density at radius 1 is 1.17 bits per heavy atom. The molecule has 0 saturated heterocycles. The number of carbonyl (C=O) groups excluding carboxylic acids is 1. The van der Waals surface area contributed by atoms with Crippen LogP contribution in [0, 0.1) is 0 Å². The Bertz CT molecular complexity index is 632. The first-order valence-electron chi connectivity index (χ1n) is 5.21. The smallest absolute Gasteiger partial charge is 0.295 e. The molecule has 2 rings (SSSR count). The zero-order valence-electron chi connectivity index (χ0n) is 9.51. The average molecular weight is 248 g/mol. The Hall–Kier alpha value is -1.78. The highest BCUT2D eigenvalue weighted by atomic mass is 19.4. The molecular formula is C13H8BF3O. The third kappa shape index (κ3) is 2.12. The molecule has 2 aromatic carbocycles. The summed E-state index contributed by atoms with van der Waals surface area (Å²) in [7, 11) is 5.53. The van der Waals surface area contributed by atoms with E-state index in [0.29, 0.717) is 16.3 Å². The van der Waals surface area contributed by atoms with Gasteiger partial charge in [0.05, 0.1) is 0 Å². The van der Waals surface area contributed by atoms with Crippen molar-refractivity contribution in [2.45, 2.75) is 13.1 Å². The highest BCUT2D eigenvalue weighted by molar-refractivity contribution is 6.40. The maximum atomic E-state index is 12.7. The molecule has 0 heterocycles. The molecule has 0 N–H and O–H groups in total. The largest absolute Gasteiger partial charge is 0.415 e. The number of carbonyl (C=O) groups is 1. The van der Waals surface area contributed by atoms with Crippen molar-refractivity contribution in [2.24, 2.45) is 0 Å². The number of ketones is 1. The quantitative estimate of drug-likeness (QED) is 0.560. The van der Waals surface area contributed by atoms with Crippen LogP contribution in [0.3, 0.4) is 0 Å². The van der Waals surface area contributed by atoms with Gasteiger partial charge < -0.3 is 0 Å². The topological polar surface area (TPSA) is 17.1 Å². The normalized spacial score (nSPS) is 11.8. The molecule has 0 atom stereocenters. The minimum absolute atomic E-state index is 0.143. The maximum Gasteiger partial charge on any atom is 0.415 e. The van der Waals surface area contributed by atoms with Crippen molar-refractivity contribution >= 4 is 29.9 Å². The van der Waals surface area contributed by atoms with Gasteiger partial charge in [0.15, 0.2) is 5.78 Å². The van der Waals surface area contributed by atoms with Crippen LogP contribution in [-0.4, -0.2) is 13.6 Å². The Balaban J connectivity index is 2.70. The van der Waals surface area contributed by atoms with E-state index in [1.807, 2.05) is 0 Å². The molecule has 0 aliphatic rings. The third-order valence-corrected chi connectivity index (χ3v) is 2.77. The van der Waals surface area contributed by atoms with Crippen LogP contribution in [0.1, 0.15) is 22.8 Å². The third-order valence-electron chi connectivity index (χ3n) is 2.77. The van der Waals surface area contributed by atoms with Crippen LogP contribution in [0.2, 0.25) is 0 Å². The van der Waals surface area contributed by atoms with Crippen LogP contribution >= 0.6 is 0 Å². The second-order valence-corrected chi connectivity index (χ2v) is 4.02. The van der Waals surface area contributed by atoms with E-state index in [0.717, 1.165) is 6.07 Å². The lowest BCUT2D eigenvalue weighted by molar-refractivity contribution is -0.136. The Morgan fingerprint density at radius 2 is 1.83 bits per heavy atom. The number of rotatable bonds is 1. The van der Waals surface area contributed by atoms with Gasteiger partial charge in [-0.25, -0.2) is 0 Å². The lowest BCUT2D eigenvalue weighted by Crippen LogP contribution is -2.20.